The van der Waals surface area contributed by atoms with E-state index in [0.29, 0.717) is 6.54 Å². The van der Waals surface area contributed by atoms with Crippen LogP contribution in [-0.4, -0.2) is 18.6 Å². The minimum atomic E-state index is -0.485. The Hall–Kier alpha value is -1.55. The Kier molecular flexibility index (Phi) is 6.21. The molecule has 1 rings (SSSR count). The molecule has 0 saturated carbocycles. The van der Waals surface area contributed by atoms with Crippen LogP contribution >= 0.6 is 0 Å². The molecular weight excluding hydrogens is 264 g/mol. The van der Waals surface area contributed by atoms with E-state index in [0.717, 1.165) is 29.8 Å². The van der Waals surface area contributed by atoms with Gasteiger partial charge in [-0.1, -0.05) is 13.8 Å². The largest absolute Gasteiger partial charge is 0.491 e. The van der Waals surface area contributed by atoms with Gasteiger partial charge in [0.05, 0.1) is 11.5 Å². The molecule has 0 unspecified atom stereocenters. The quantitative estimate of drug-likeness (QED) is 0.808. The summed E-state index contributed by atoms with van der Waals surface area (Å²) in [5.74, 6) is 0.839. The Morgan fingerprint density at radius 3 is 2.38 bits per heavy atom. The minimum absolute atomic E-state index is 0.00747. The average Bonchev–Trinajstić information content (AvgIpc) is 2.44. The Bertz CT molecular complexity index is 471. The molecule has 0 atom stereocenters. The molecule has 0 saturated heterocycles. The number of nitrogens with one attached hydrogen (secondary N) is 1. The number of ether oxygens (including phenoxy) is 1. The number of amides is 1. The number of anilines is 1. The van der Waals surface area contributed by atoms with Crippen LogP contribution in [0.5, 0.6) is 5.75 Å². The molecule has 0 spiro atoms. The Morgan fingerprint density at radius 1 is 1.33 bits per heavy atom. The molecule has 4 nitrogen and oxygen atoms in total. The molecule has 0 fully saturated rings. The smallest absolute Gasteiger partial charge is 0.231 e. The maximum Gasteiger partial charge on any atom is 0.231 e. The van der Waals surface area contributed by atoms with Gasteiger partial charge >= 0.3 is 0 Å². The van der Waals surface area contributed by atoms with Gasteiger partial charge in [0.25, 0.3) is 0 Å². The summed E-state index contributed by atoms with van der Waals surface area (Å²) in [6.45, 7) is 10.3. The van der Waals surface area contributed by atoms with Crippen molar-refractivity contribution in [3.8, 4) is 5.75 Å². The van der Waals surface area contributed by atoms with Gasteiger partial charge in [0.15, 0.2) is 0 Å². The molecule has 3 N–H and O–H groups in total. The summed E-state index contributed by atoms with van der Waals surface area (Å²) in [4.78, 5) is 12.5. The molecule has 1 aromatic rings. The van der Waals surface area contributed by atoms with Crippen LogP contribution in [0.4, 0.5) is 5.69 Å². The predicted molar refractivity (Wildman–Crippen MR) is 87.6 cm³/mol. The molecule has 1 aromatic carbocycles. The number of nitrogens with two attached hydrogens (primary N) is 1. The van der Waals surface area contributed by atoms with Gasteiger partial charge in [-0.3, -0.25) is 4.79 Å². The fraction of sp³-hybridized carbons (Fsp3) is 0.588. The molecule has 0 aliphatic heterocycles. The molecule has 0 heterocycles. The molecule has 0 aliphatic carbocycles. The van der Waals surface area contributed by atoms with Crippen molar-refractivity contribution in [2.24, 2.45) is 11.1 Å². The lowest BCUT2D eigenvalue weighted by Crippen LogP contribution is -2.41. The first-order valence-electron chi connectivity index (χ1n) is 7.67. The van der Waals surface area contributed by atoms with Crippen molar-refractivity contribution in [3.05, 3.63) is 23.8 Å². The van der Waals surface area contributed by atoms with Crippen molar-refractivity contribution in [2.75, 3.05) is 11.9 Å². The van der Waals surface area contributed by atoms with Crippen molar-refractivity contribution in [3.63, 3.8) is 0 Å². The molecule has 0 radical (unpaired) electrons. The van der Waals surface area contributed by atoms with E-state index in [-0.39, 0.29) is 12.0 Å². The number of carbonyl (C=O) groups excluding carboxylic acids is 1. The molecular formula is C17H28N2O2. The van der Waals surface area contributed by atoms with Crippen molar-refractivity contribution in [1.29, 1.82) is 0 Å². The van der Waals surface area contributed by atoms with Gasteiger partial charge in [-0.2, -0.15) is 0 Å². The molecule has 0 bridgehead atoms. The molecule has 4 heteroatoms. The van der Waals surface area contributed by atoms with E-state index in [1.807, 2.05) is 52.8 Å². The van der Waals surface area contributed by atoms with Gasteiger partial charge in [0.1, 0.15) is 5.75 Å². The summed E-state index contributed by atoms with van der Waals surface area (Å²) in [6.07, 6.45) is 1.60. The predicted octanol–water partition coefficient (Wildman–Crippen LogP) is 3.49. The standard InChI is InChI=1S/C17H28N2O2/c1-6-17(7-2,11-18)16(20)19-14-8-9-15(13(5)10-14)21-12(3)4/h8-10,12H,6-7,11,18H2,1-5H3,(H,19,20). The van der Waals surface area contributed by atoms with Gasteiger partial charge < -0.3 is 15.8 Å². The van der Waals surface area contributed by atoms with Crippen LogP contribution in [-0.2, 0) is 4.79 Å². The van der Waals surface area contributed by atoms with Crippen LogP contribution in [0.25, 0.3) is 0 Å². The fourth-order valence-electron chi connectivity index (χ4n) is 2.33. The Labute approximate surface area is 128 Å². The van der Waals surface area contributed by atoms with Gasteiger partial charge in [0, 0.05) is 12.2 Å². The van der Waals surface area contributed by atoms with Crippen LogP contribution in [0.2, 0.25) is 0 Å². The zero-order valence-electron chi connectivity index (χ0n) is 13.8. The topological polar surface area (TPSA) is 64.4 Å². The maximum atomic E-state index is 12.5. The zero-order chi connectivity index (χ0) is 16.0. The number of carbonyl (C=O) groups is 1. The molecule has 0 aromatic heterocycles. The molecule has 21 heavy (non-hydrogen) atoms. The highest BCUT2D eigenvalue weighted by molar-refractivity contribution is 5.95. The molecule has 118 valence electrons. The highest BCUT2D eigenvalue weighted by atomic mass is 16.5. The summed E-state index contributed by atoms with van der Waals surface area (Å²) >= 11 is 0. The van der Waals surface area contributed by atoms with Crippen molar-refractivity contribution >= 4 is 11.6 Å². The molecule has 1 amide bonds. The lowest BCUT2D eigenvalue weighted by Gasteiger charge is -2.28. The van der Waals surface area contributed by atoms with E-state index in [9.17, 15) is 4.79 Å². The second kappa shape index (κ2) is 7.46. The minimum Gasteiger partial charge on any atom is -0.491 e. The van der Waals surface area contributed by atoms with Crippen molar-refractivity contribution in [2.45, 2.75) is 53.6 Å². The van der Waals surface area contributed by atoms with E-state index < -0.39 is 5.41 Å². The third-order valence-corrected chi connectivity index (χ3v) is 4.02. The highest BCUT2D eigenvalue weighted by Crippen LogP contribution is 2.28. The second-order valence-electron chi connectivity index (χ2n) is 5.79. The van der Waals surface area contributed by atoms with E-state index in [4.69, 9.17) is 10.5 Å². The maximum absolute atomic E-state index is 12.5. The number of aryl methyl sites for hydroxylation is 1. The van der Waals surface area contributed by atoms with Crippen LogP contribution in [0.3, 0.4) is 0 Å². The van der Waals surface area contributed by atoms with Crippen LogP contribution in [0.1, 0.15) is 46.1 Å². The number of benzene rings is 1. The van der Waals surface area contributed by atoms with E-state index in [2.05, 4.69) is 5.32 Å². The lowest BCUT2D eigenvalue weighted by atomic mass is 9.81. The summed E-state index contributed by atoms with van der Waals surface area (Å²) in [7, 11) is 0. The normalized spacial score (nSPS) is 11.6. The lowest BCUT2D eigenvalue weighted by molar-refractivity contribution is -0.125. The van der Waals surface area contributed by atoms with E-state index >= 15 is 0 Å². The molecule has 0 aliphatic rings. The number of hydrogen-bond acceptors (Lipinski definition) is 3. The third-order valence-electron chi connectivity index (χ3n) is 4.02. The summed E-state index contributed by atoms with van der Waals surface area (Å²) < 4.78 is 5.70. The summed E-state index contributed by atoms with van der Waals surface area (Å²) in [6, 6.07) is 5.70. The number of hydrogen-bond donors (Lipinski definition) is 2. The summed E-state index contributed by atoms with van der Waals surface area (Å²) in [5, 5.41) is 2.98. The first-order chi connectivity index (χ1) is 9.88. The van der Waals surface area contributed by atoms with Gasteiger partial charge in [-0.05, 0) is 57.4 Å². The van der Waals surface area contributed by atoms with Crippen LogP contribution in [0, 0.1) is 12.3 Å². The van der Waals surface area contributed by atoms with E-state index in [1.54, 1.807) is 0 Å². The zero-order valence-corrected chi connectivity index (χ0v) is 13.8. The van der Waals surface area contributed by atoms with E-state index in [1.165, 1.54) is 0 Å². The first-order valence-corrected chi connectivity index (χ1v) is 7.67. The van der Waals surface area contributed by atoms with Gasteiger partial charge in [0.2, 0.25) is 5.91 Å². The third kappa shape index (κ3) is 4.21. The number of rotatable bonds is 7. The van der Waals surface area contributed by atoms with Crippen LogP contribution < -0.4 is 15.8 Å². The second-order valence-corrected chi connectivity index (χ2v) is 5.79. The Morgan fingerprint density at radius 2 is 1.95 bits per heavy atom. The first kappa shape index (κ1) is 17.5. The highest BCUT2D eigenvalue weighted by Gasteiger charge is 2.33. The van der Waals surface area contributed by atoms with Crippen molar-refractivity contribution < 1.29 is 9.53 Å². The Balaban J connectivity index is 2.89. The average molecular weight is 292 g/mol. The van der Waals surface area contributed by atoms with Crippen molar-refractivity contribution in [1.82, 2.24) is 0 Å². The fourth-order valence-corrected chi connectivity index (χ4v) is 2.33. The van der Waals surface area contributed by atoms with Crippen LogP contribution in [0.15, 0.2) is 18.2 Å². The summed E-state index contributed by atoms with van der Waals surface area (Å²) in [5.41, 5.74) is 7.12. The van der Waals surface area contributed by atoms with Gasteiger partial charge in [-0.25, -0.2) is 0 Å². The SMILES string of the molecule is CCC(CC)(CN)C(=O)Nc1ccc(OC(C)C)c(C)c1. The van der Waals surface area contributed by atoms with Gasteiger partial charge in [-0.15, -0.1) is 0 Å². The monoisotopic (exact) mass is 292 g/mol.